The van der Waals surface area contributed by atoms with Crippen molar-refractivity contribution in [3.05, 3.63) is 0 Å². The highest BCUT2D eigenvalue weighted by atomic mass is 31.2. The van der Waals surface area contributed by atoms with Crippen LogP contribution in [0.2, 0.25) is 0 Å². The fraction of sp³-hybridized carbons (Fsp3) is 1.00. The molecule has 1 rings (SSSR count). The van der Waals surface area contributed by atoms with Crippen LogP contribution in [0, 0.1) is 0 Å². The number of hydrogen-bond acceptors (Lipinski definition) is 5. The Labute approximate surface area is 122 Å². The molecule has 0 aromatic heterocycles. The van der Waals surface area contributed by atoms with Gasteiger partial charge >= 0.3 is 7.82 Å². The van der Waals surface area contributed by atoms with E-state index in [2.05, 4.69) is 6.92 Å². The molecule has 1 aliphatic rings. The number of unbranched alkanes of at least 4 members (excludes halogenated alkanes) is 5. The molecule has 0 aromatic rings. The van der Waals surface area contributed by atoms with Crippen molar-refractivity contribution in [1.29, 1.82) is 0 Å². The zero-order valence-corrected chi connectivity index (χ0v) is 13.6. The van der Waals surface area contributed by atoms with Gasteiger partial charge in [0.25, 0.3) is 0 Å². The maximum atomic E-state index is 12.1. The zero-order valence-electron chi connectivity index (χ0n) is 12.7. The topological polar surface area (TPSA) is 54.0 Å². The van der Waals surface area contributed by atoms with Crippen LogP contribution in [-0.2, 0) is 23.2 Å². The first-order valence-corrected chi connectivity index (χ1v) is 9.43. The number of hydrogen-bond donors (Lipinski definition) is 0. The fourth-order valence-electron chi connectivity index (χ4n) is 2.03. The SMILES string of the molecule is CCCCCCCCOOP1(=O)OCCCCCCO1. The summed E-state index contributed by atoms with van der Waals surface area (Å²) in [5, 5.41) is 0. The Morgan fingerprint density at radius 1 is 0.900 bits per heavy atom. The molecule has 5 nitrogen and oxygen atoms in total. The molecule has 0 amide bonds. The summed E-state index contributed by atoms with van der Waals surface area (Å²) in [6.45, 7) is 3.43. The van der Waals surface area contributed by atoms with Gasteiger partial charge in [-0.2, -0.15) is 0 Å². The van der Waals surface area contributed by atoms with Crippen molar-refractivity contribution in [3.63, 3.8) is 0 Å². The van der Waals surface area contributed by atoms with Gasteiger partial charge in [-0.25, -0.2) is 9.45 Å². The molecule has 0 bridgehead atoms. The lowest BCUT2D eigenvalue weighted by atomic mass is 10.1. The van der Waals surface area contributed by atoms with Gasteiger partial charge in [-0.1, -0.05) is 51.9 Å². The predicted molar refractivity (Wildman–Crippen MR) is 78.4 cm³/mol. The van der Waals surface area contributed by atoms with Crippen LogP contribution >= 0.6 is 7.82 Å². The van der Waals surface area contributed by atoms with Crippen LogP contribution in [0.3, 0.4) is 0 Å². The van der Waals surface area contributed by atoms with Gasteiger partial charge < -0.3 is 0 Å². The Morgan fingerprint density at radius 2 is 1.50 bits per heavy atom. The van der Waals surface area contributed by atoms with E-state index >= 15 is 0 Å². The Hall–Kier alpha value is 0.0700. The van der Waals surface area contributed by atoms with E-state index in [0.29, 0.717) is 19.8 Å². The second-order valence-corrected chi connectivity index (χ2v) is 6.75. The van der Waals surface area contributed by atoms with Crippen molar-refractivity contribution in [3.8, 4) is 0 Å². The molecule has 0 atom stereocenters. The Morgan fingerprint density at radius 3 is 2.15 bits per heavy atom. The van der Waals surface area contributed by atoms with E-state index in [-0.39, 0.29) is 0 Å². The van der Waals surface area contributed by atoms with Crippen LogP contribution in [0.1, 0.15) is 71.1 Å². The maximum Gasteiger partial charge on any atom is 0.502 e. The molecular weight excluding hydrogens is 279 g/mol. The van der Waals surface area contributed by atoms with Crippen molar-refractivity contribution in [2.45, 2.75) is 71.1 Å². The molecule has 1 saturated heterocycles. The summed E-state index contributed by atoms with van der Waals surface area (Å²) in [5.74, 6) is 0. The smallest absolute Gasteiger partial charge is 0.285 e. The summed E-state index contributed by atoms with van der Waals surface area (Å²) in [6, 6.07) is 0. The van der Waals surface area contributed by atoms with Crippen molar-refractivity contribution in [1.82, 2.24) is 0 Å². The van der Waals surface area contributed by atoms with Gasteiger partial charge in [0.1, 0.15) is 0 Å². The third-order valence-electron chi connectivity index (χ3n) is 3.26. The van der Waals surface area contributed by atoms with E-state index in [1.807, 2.05) is 0 Å². The van der Waals surface area contributed by atoms with E-state index in [1.54, 1.807) is 0 Å². The molecule has 0 spiro atoms. The molecular formula is C14H29O5P. The average Bonchev–Trinajstić information content (AvgIpc) is 2.54. The molecule has 0 saturated carbocycles. The minimum atomic E-state index is -3.50. The minimum Gasteiger partial charge on any atom is -0.285 e. The Balaban J connectivity index is 2.07. The molecule has 0 aliphatic carbocycles. The number of rotatable bonds is 9. The zero-order chi connectivity index (χ0) is 14.5. The quantitative estimate of drug-likeness (QED) is 0.259. The van der Waals surface area contributed by atoms with Crippen LogP contribution in [0.4, 0.5) is 0 Å². The van der Waals surface area contributed by atoms with Crippen molar-refractivity contribution >= 4 is 7.82 Å². The van der Waals surface area contributed by atoms with Crippen LogP contribution in [0.25, 0.3) is 0 Å². The summed E-state index contributed by atoms with van der Waals surface area (Å²) in [7, 11) is -3.50. The van der Waals surface area contributed by atoms with Crippen molar-refractivity contribution in [2.75, 3.05) is 19.8 Å². The molecule has 120 valence electrons. The lowest BCUT2D eigenvalue weighted by molar-refractivity contribution is -0.227. The molecule has 0 N–H and O–H groups in total. The summed E-state index contributed by atoms with van der Waals surface area (Å²) < 4.78 is 27.4. The summed E-state index contributed by atoms with van der Waals surface area (Å²) >= 11 is 0. The van der Waals surface area contributed by atoms with Gasteiger partial charge in [0.05, 0.1) is 19.8 Å². The normalized spacial score (nSPS) is 20.1. The fourth-order valence-corrected chi connectivity index (χ4v) is 3.10. The van der Waals surface area contributed by atoms with Crippen molar-refractivity contribution < 1.29 is 23.2 Å². The van der Waals surface area contributed by atoms with Crippen LogP contribution in [0.15, 0.2) is 0 Å². The third-order valence-corrected chi connectivity index (χ3v) is 4.55. The third kappa shape index (κ3) is 9.09. The van der Waals surface area contributed by atoms with Gasteiger partial charge in [0.2, 0.25) is 0 Å². The lowest BCUT2D eigenvalue weighted by Gasteiger charge is -2.15. The number of phosphoric acid groups is 1. The first kappa shape index (κ1) is 18.1. The molecule has 0 unspecified atom stereocenters. The molecule has 20 heavy (non-hydrogen) atoms. The van der Waals surface area contributed by atoms with Gasteiger partial charge in [0.15, 0.2) is 0 Å². The molecule has 1 heterocycles. The first-order valence-electron chi connectivity index (χ1n) is 7.97. The van der Waals surface area contributed by atoms with E-state index in [0.717, 1.165) is 38.5 Å². The van der Waals surface area contributed by atoms with Gasteiger partial charge in [-0.15, -0.1) is 4.67 Å². The van der Waals surface area contributed by atoms with E-state index < -0.39 is 7.82 Å². The highest BCUT2D eigenvalue weighted by molar-refractivity contribution is 7.48. The molecule has 6 heteroatoms. The molecule has 1 fully saturated rings. The molecule has 1 aliphatic heterocycles. The highest BCUT2D eigenvalue weighted by Gasteiger charge is 2.28. The van der Waals surface area contributed by atoms with Gasteiger partial charge in [-0.3, -0.25) is 9.05 Å². The van der Waals surface area contributed by atoms with Gasteiger partial charge in [-0.05, 0) is 19.3 Å². The van der Waals surface area contributed by atoms with Crippen LogP contribution in [0.5, 0.6) is 0 Å². The van der Waals surface area contributed by atoms with E-state index in [9.17, 15) is 4.57 Å². The second-order valence-electron chi connectivity index (χ2n) is 5.19. The second kappa shape index (κ2) is 11.7. The molecule has 0 aromatic carbocycles. The van der Waals surface area contributed by atoms with Crippen LogP contribution in [-0.4, -0.2) is 19.8 Å². The Kier molecular flexibility index (Phi) is 10.6. The highest BCUT2D eigenvalue weighted by Crippen LogP contribution is 2.50. The summed E-state index contributed by atoms with van der Waals surface area (Å²) in [5.41, 5.74) is 0. The predicted octanol–water partition coefficient (Wildman–Crippen LogP) is 5.01. The van der Waals surface area contributed by atoms with Gasteiger partial charge in [0, 0.05) is 0 Å². The maximum absolute atomic E-state index is 12.1. The van der Waals surface area contributed by atoms with E-state index in [1.165, 1.54) is 25.7 Å². The minimum absolute atomic E-state index is 0.400. The average molecular weight is 308 g/mol. The van der Waals surface area contributed by atoms with Crippen LogP contribution < -0.4 is 0 Å². The van der Waals surface area contributed by atoms with E-state index in [4.69, 9.17) is 18.6 Å². The Bertz CT molecular complexity index is 258. The molecule has 0 radical (unpaired) electrons. The standard InChI is InChI=1S/C14H29O5P/c1-2-3-4-5-6-9-12-16-19-20(15)17-13-10-7-8-11-14-18-20/h2-14H2,1H3. The lowest BCUT2D eigenvalue weighted by Crippen LogP contribution is -2.03. The monoisotopic (exact) mass is 308 g/mol. The van der Waals surface area contributed by atoms with Crippen molar-refractivity contribution in [2.24, 2.45) is 0 Å². The number of phosphoric ester groups is 1. The summed E-state index contributed by atoms with van der Waals surface area (Å²) in [4.78, 5) is 5.01. The first-order chi connectivity index (χ1) is 9.77. The largest absolute Gasteiger partial charge is 0.502 e. The summed E-state index contributed by atoms with van der Waals surface area (Å²) in [6.07, 6.45) is 10.9.